The lowest BCUT2D eigenvalue weighted by Gasteiger charge is -2.28. The molecule has 1 fully saturated rings. The van der Waals surface area contributed by atoms with E-state index in [4.69, 9.17) is 14.2 Å². The molecule has 1 aromatic carbocycles. The minimum absolute atomic E-state index is 0.00987. The molecule has 0 aliphatic carbocycles. The summed E-state index contributed by atoms with van der Waals surface area (Å²) < 4.78 is 56.0. The van der Waals surface area contributed by atoms with Crippen molar-refractivity contribution < 1.29 is 32.2 Å². The van der Waals surface area contributed by atoms with Gasteiger partial charge >= 0.3 is 6.18 Å². The Morgan fingerprint density at radius 3 is 2.61 bits per heavy atom. The third-order valence-electron chi connectivity index (χ3n) is 4.34. The van der Waals surface area contributed by atoms with Crippen LogP contribution in [0.1, 0.15) is 0 Å². The van der Waals surface area contributed by atoms with Crippen molar-refractivity contribution in [3.05, 3.63) is 18.2 Å². The van der Waals surface area contributed by atoms with Crippen LogP contribution in [0.3, 0.4) is 0 Å². The van der Waals surface area contributed by atoms with Crippen LogP contribution in [-0.4, -0.2) is 73.1 Å². The highest BCUT2D eigenvalue weighted by Gasteiger charge is 2.33. The van der Waals surface area contributed by atoms with Gasteiger partial charge in [0.05, 0.1) is 38.9 Å². The molecule has 0 saturated carbocycles. The second-order valence-electron chi connectivity index (χ2n) is 6.49. The number of hydrogen-bond acceptors (Lipinski definition) is 8. The summed E-state index contributed by atoms with van der Waals surface area (Å²) >= 11 is 0.875. The van der Waals surface area contributed by atoms with Gasteiger partial charge in [-0.1, -0.05) is 11.8 Å². The van der Waals surface area contributed by atoms with E-state index >= 15 is 0 Å². The molecule has 31 heavy (non-hydrogen) atoms. The second-order valence-corrected chi connectivity index (χ2v) is 7.43. The normalized spacial score (nSPS) is 14.4. The smallest absolute Gasteiger partial charge is 0.406 e. The molecule has 1 saturated heterocycles. The van der Waals surface area contributed by atoms with Crippen LogP contribution in [0.5, 0.6) is 11.5 Å². The summed E-state index contributed by atoms with van der Waals surface area (Å²) in [7, 11) is 2.96. The highest BCUT2D eigenvalue weighted by atomic mass is 32.2. The van der Waals surface area contributed by atoms with E-state index in [1.54, 1.807) is 23.1 Å². The SMILES string of the molecule is COc1ccc(NC(=O)CSc2nnc(N3CCOCC3)n2CC(F)(F)F)c(OC)c1. The number of ether oxygens (including phenoxy) is 3. The summed E-state index contributed by atoms with van der Waals surface area (Å²) in [5.41, 5.74) is 0.416. The molecule has 0 radical (unpaired) electrons. The Morgan fingerprint density at radius 1 is 1.23 bits per heavy atom. The first kappa shape index (κ1) is 23.0. The van der Waals surface area contributed by atoms with Crippen molar-refractivity contribution in [2.45, 2.75) is 17.9 Å². The third kappa shape index (κ3) is 6.17. The van der Waals surface area contributed by atoms with E-state index in [1.807, 2.05) is 0 Å². The van der Waals surface area contributed by atoms with Crippen molar-refractivity contribution in [3.63, 3.8) is 0 Å². The highest BCUT2D eigenvalue weighted by Crippen LogP contribution is 2.30. The number of alkyl halides is 3. The molecule has 0 bridgehead atoms. The number of nitrogens with zero attached hydrogens (tertiary/aromatic N) is 4. The van der Waals surface area contributed by atoms with Crippen molar-refractivity contribution in [1.29, 1.82) is 0 Å². The van der Waals surface area contributed by atoms with Crippen LogP contribution in [0.2, 0.25) is 0 Å². The molecule has 170 valence electrons. The van der Waals surface area contributed by atoms with Crippen molar-refractivity contribution in [1.82, 2.24) is 14.8 Å². The molecule has 1 amide bonds. The van der Waals surface area contributed by atoms with Crippen LogP contribution in [0.15, 0.2) is 23.4 Å². The van der Waals surface area contributed by atoms with Crippen LogP contribution >= 0.6 is 11.8 Å². The Hall–Kier alpha value is -2.67. The van der Waals surface area contributed by atoms with Gasteiger partial charge in [-0.3, -0.25) is 9.36 Å². The Morgan fingerprint density at radius 2 is 1.97 bits per heavy atom. The zero-order valence-electron chi connectivity index (χ0n) is 16.9. The fourth-order valence-corrected chi connectivity index (χ4v) is 3.65. The zero-order chi connectivity index (χ0) is 22.4. The van der Waals surface area contributed by atoms with Crippen molar-refractivity contribution in [3.8, 4) is 11.5 Å². The maximum absolute atomic E-state index is 13.1. The van der Waals surface area contributed by atoms with Gasteiger partial charge in [0.1, 0.15) is 18.0 Å². The number of amides is 1. The lowest BCUT2D eigenvalue weighted by Crippen LogP contribution is -2.38. The standard InChI is InChI=1S/C18H22F3N5O4S/c1-28-12-3-4-13(14(9-12)29-2)22-15(27)10-31-17-24-23-16(25-5-7-30-8-6-25)26(17)11-18(19,20)21/h3-4,9H,5-8,10-11H2,1-2H3,(H,22,27). The molecule has 0 atom stereocenters. The molecule has 1 aliphatic heterocycles. The first-order valence-electron chi connectivity index (χ1n) is 9.28. The molecule has 2 aromatic rings. The summed E-state index contributed by atoms with van der Waals surface area (Å²) in [6, 6.07) is 4.88. The summed E-state index contributed by atoms with van der Waals surface area (Å²) in [6.45, 7) is 0.376. The number of rotatable bonds is 8. The molecule has 13 heteroatoms. The van der Waals surface area contributed by atoms with Crippen molar-refractivity contribution in [2.75, 3.05) is 56.5 Å². The predicted octanol–water partition coefficient (Wildman–Crippen LogP) is 2.42. The van der Waals surface area contributed by atoms with Crippen LogP contribution in [0, 0.1) is 0 Å². The number of hydrogen-bond donors (Lipinski definition) is 1. The fourth-order valence-electron chi connectivity index (χ4n) is 2.92. The van der Waals surface area contributed by atoms with Crippen molar-refractivity contribution in [2.24, 2.45) is 0 Å². The van der Waals surface area contributed by atoms with Crippen molar-refractivity contribution >= 4 is 29.3 Å². The number of halogens is 3. The second kappa shape index (κ2) is 10.1. The molecule has 1 aromatic heterocycles. The first-order chi connectivity index (χ1) is 14.8. The fraction of sp³-hybridized carbons (Fsp3) is 0.500. The third-order valence-corrected chi connectivity index (χ3v) is 5.31. The van der Waals surface area contributed by atoms with Gasteiger partial charge in [-0.15, -0.1) is 10.2 Å². The van der Waals surface area contributed by atoms with Gasteiger partial charge in [0, 0.05) is 19.2 Å². The predicted molar refractivity (Wildman–Crippen MR) is 108 cm³/mol. The minimum atomic E-state index is -4.46. The Kier molecular flexibility index (Phi) is 7.49. The lowest BCUT2D eigenvalue weighted by atomic mass is 10.2. The number of carbonyl (C=O) groups is 1. The van der Waals surface area contributed by atoms with Crippen LogP contribution in [-0.2, 0) is 16.1 Å². The van der Waals surface area contributed by atoms with Gasteiger partial charge in [0.25, 0.3) is 0 Å². The Balaban J connectivity index is 1.70. The van der Waals surface area contributed by atoms with Gasteiger partial charge in [0.15, 0.2) is 5.16 Å². The highest BCUT2D eigenvalue weighted by molar-refractivity contribution is 7.99. The average Bonchev–Trinajstić information content (AvgIpc) is 3.13. The van der Waals surface area contributed by atoms with E-state index in [1.165, 1.54) is 14.2 Å². The Bertz CT molecular complexity index is 903. The van der Waals surface area contributed by atoms with Gasteiger partial charge < -0.3 is 24.4 Å². The van der Waals surface area contributed by atoms with Gasteiger partial charge in [0.2, 0.25) is 11.9 Å². The van der Waals surface area contributed by atoms with Crippen LogP contribution in [0.25, 0.3) is 0 Å². The van der Waals surface area contributed by atoms with E-state index in [0.29, 0.717) is 43.5 Å². The number of aromatic nitrogens is 3. The number of nitrogens with one attached hydrogen (secondary N) is 1. The van der Waals surface area contributed by atoms with E-state index in [0.717, 1.165) is 16.3 Å². The quantitative estimate of drug-likeness (QED) is 0.600. The first-order valence-corrected chi connectivity index (χ1v) is 10.3. The zero-order valence-corrected chi connectivity index (χ0v) is 17.8. The molecule has 0 spiro atoms. The number of anilines is 2. The summed E-state index contributed by atoms with van der Waals surface area (Å²) in [6.07, 6.45) is -4.46. The number of carbonyl (C=O) groups excluding carboxylic acids is 1. The van der Waals surface area contributed by atoms with E-state index in [2.05, 4.69) is 15.5 Å². The Labute approximate surface area is 180 Å². The minimum Gasteiger partial charge on any atom is -0.497 e. The molecule has 0 unspecified atom stereocenters. The number of benzene rings is 1. The number of thioether (sulfide) groups is 1. The molecule has 1 aliphatic rings. The van der Waals surface area contributed by atoms with Crippen LogP contribution in [0.4, 0.5) is 24.8 Å². The summed E-state index contributed by atoms with van der Waals surface area (Å²) in [5, 5.41) is 10.5. The van der Waals surface area contributed by atoms with E-state index in [-0.39, 0.29) is 16.9 Å². The number of morpholine rings is 1. The monoisotopic (exact) mass is 461 g/mol. The maximum Gasteiger partial charge on any atom is 0.406 e. The molecule has 1 N–H and O–H groups in total. The maximum atomic E-state index is 13.1. The molecule has 2 heterocycles. The summed E-state index contributed by atoms with van der Waals surface area (Å²) in [4.78, 5) is 14.1. The number of methoxy groups -OCH3 is 2. The largest absolute Gasteiger partial charge is 0.497 e. The van der Waals surface area contributed by atoms with Crippen LogP contribution < -0.4 is 19.7 Å². The van der Waals surface area contributed by atoms with Gasteiger partial charge in [-0.25, -0.2) is 0 Å². The summed E-state index contributed by atoms with van der Waals surface area (Å²) in [5.74, 6) is 0.477. The molecular formula is C18H22F3N5O4S. The average molecular weight is 461 g/mol. The molecular weight excluding hydrogens is 439 g/mol. The van der Waals surface area contributed by atoms with E-state index < -0.39 is 18.6 Å². The molecule has 9 nitrogen and oxygen atoms in total. The lowest BCUT2D eigenvalue weighted by molar-refractivity contribution is -0.141. The molecule has 3 rings (SSSR count). The van der Waals surface area contributed by atoms with Gasteiger partial charge in [-0.2, -0.15) is 13.2 Å². The van der Waals surface area contributed by atoms with Gasteiger partial charge in [-0.05, 0) is 12.1 Å². The van der Waals surface area contributed by atoms with E-state index in [9.17, 15) is 18.0 Å². The topological polar surface area (TPSA) is 90.7 Å².